The van der Waals surface area contributed by atoms with E-state index >= 15 is 0 Å². The van der Waals surface area contributed by atoms with Gasteiger partial charge in [-0.15, -0.1) is 0 Å². The van der Waals surface area contributed by atoms with Crippen LogP contribution in [0.15, 0.2) is 47.4 Å². The van der Waals surface area contributed by atoms with Crippen LogP contribution >= 0.6 is 11.6 Å². The Labute approximate surface area is 183 Å². The van der Waals surface area contributed by atoms with Crippen molar-refractivity contribution >= 4 is 27.5 Å². The van der Waals surface area contributed by atoms with Gasteiger partial charge in [0.05, 0.1) is 22.6 Å². The van der Waals surface area contributed by atoms with Crippen LogP contribution in [0.4, 0.5) is 0 Å². The Hall–Kier alpha value is -2.09. The van der Waals surface area contributed by atoms with Crippen molar-refractivity contribution in [3.8, 4) is 5.75 Å². The average molecular weight is 451 g/mol. The summed E-state index contributed by atoms with van der Waals surface area (Å²) in [5.41, 5.74) is 1.11. The molecule has 1 saturated heterocycles. The van der Waals surface area contributed by atoms with Gasteiger partial charge in [0, 0.05) is 26.7 Å². The number of hydrogen-bond acceptors (Lipinski definition) is 4. The molecule has 0 spiro atoms. The van der Waals surface area contributed by atoms with Gasteiger partial charge in [0.15, 0.2) is 0 Å². The summed E-state index contributed by atoms with van der Waals surface area (Å²) >= 11 is 6.27. The Balaban J connectivity index is 1.81. The van der Waals surface area contributed by atoms with Crippen LogP contribution in [0, 0.1) is 0 Å². The molecular weight excluding hydrogens is 424 g/mol. The third-order valence-corrected chi connectivity index (χ3v) is 7.52. The number of rotatable bonds is 6. The lowest BCUT2D eigenvalue weighted by Gasteiger charge is -2.22. The number of carbonyl (C=O) groups is 1. The van der Waals surface area contributed by atoms with E-state index in [1.165, 1.54) is 27.4 Å². The zero-order valence-corrected chi connectivity index (χ0v) is 18.9. The van der Waals surface area contributed by atoms with Crippen LogP contribution < -0.4 is 4.74 Å². The Bertz CT molecular complexity index is 985. The topological polar surface area (TPSA) is 66.9 Å². The summed E-state index contributed by atoms with van der Waals surface area (Å²) in [4.78, 5) is 14.6. The van der Waals surface area contributed by atoms with Gasteiger partial charge in [-0.3, -0.25) is 4.79 Å². The molecule has 0 bridgehead atoms. The second-order valence-electron chi connectivity index (χ2n) is 7.47. The first-order chi connectivity index (χ1) is 14.3. The lowest BCUT2D eigenvalue weighted by atomic mass is 10.1. The SMILES string of the molecule is COc1ccc(CN(C)C(=O)c2cc(S(=O)(=O)N3CCCCCC3)ccc2Cl)cc1. The smallest absolute Gasteiger partial charge is 0.255 e. The molecule has 0 saturated carbocycles. The van der Waals surface area contributed by atoms with Gasteiger partial charge in [-0.05, 0) is 48.7 Å². The van der Waals surface area contributed by atoms with Crippen molar-refractivity contribution < 1.29 is 17.9 Å². The van der Waals surface area contributed by atoms with Crippen LogP contribution in [0.3, 0.4) is 0 Å². The maximum absolute atomic E-state index is 13.1. The molecule has 0 atom stereocenters. The molecule has 1 fully saturated rings. The molecule has 1 heterocycles. The predicted octanol–water partition coefficient (Wildman–Crippen LogP) is 4.19. The van der Waals surface area contributed by atoms with E-state index in [9.17, 15) is 13.2 Å². The quantitative estimate of drug-likeness (QED) is 0.662. The van der Waals surface area contributed by atoms with Crippen LogP contribution in [0.25, 0.3) is 0 Å². The second-order valence-corrected chi connectivity index (χ2v) is 9.81. The number of benzene rings is 2. The highest BCUT2D eigenvalue weighted by molar-refractivity contribution is 7.89. The lowest BCUT2D eigenvalue weighted by molar-refractivity contribution is 0.0785. The fraction of sp³-hybridized carbons (Fsp3) is 0.409. The molecule has 0 aromatic heterocycles. The van der Waals surface area contributed by atoms with Crippen molar-refractivity contribution in [2.75, 3.05) is 27.2 Å². The van der Waals surface area contributed by atoms with E-state index in [0.29, 0.717) is 19.6 Å². The highest BCUT2D eigenvalue weighted by atomic mass is 35.5. The third kappa shape index (κ3) is 5.14. The summed E-state index contributed by atoms with van der Waals surface area (Å²) < 4.78 is 32.9. The van der Waals surface area contributed by atoms with E-state index in [-0.39, 0.29) is 21.4 Å². The van der Waals surface area contributed by atoms with Gasteiger partial charge in [0.25, 0.3) is 5.91 Å². The summed E-state index contributed by atoms with van der Waals surface area (Å²) in [6.45, 7) is 1.37. The van der Waals surface area contributed by atoms with E-state index in [2.05, 4.69) is 0 Å². The largest absolute Gasteiger partial charge is 0.497 e. The monoisotopic (exact) mass is 450 g/mol. The summed E-state index contributed by atoms with van der Waals surface area (Å²) in [7, 11) is -0.398. The van der Waals surface area contributed by atoms with Crippen molar-refractivity contribution in [1.29, 1.82) is 0 Å². The fourth-order valence-electron chi connectivity index (χ4n) is 3.54. The Morgan fingerprint density at radius 1 is 1.07 bits per heavy atom. The van der Waals surface area contributed by atoms with Crippen molar-refractivity contribution in [1.82, 2.24) is 9.21 Å². The number of methoxy groups -OCH3 is 1. The molecule has 6 nitrogen and oxygen atoms in total. The molecular formula is C22H27ClN2O4S. The van der Waals surface area contributed by atoms with Crippen molar-refractivity contribution in [2.45, 2.75) is 37.1 Å². The number of sulfonamides is 1. The van der Waals surface area contributed by atoms with E-state index in [4.69, 9.17) is 16.3 Å². The number of hydrogen-bond donors (Lipinski definition) is 0. The average Bonchev–Trinajstić information content (AvgIpc) is 3.04. The van der Waals surface area contributed by atoms with E-state index in [1.54, 1.807) is 14.2 Å². The van der Waals surface area contributed by atoms with Gasteiger partial charge in [-0.2, -0.15) is 4.31 Å². The Kier molecular flexibility index (Phi) is 7.39. The highest BCUT2D eigenvalue weighted by Gasteiger charge is 2.27. The van der Waals surface area contributed by atoms with Crippen LogP contribution in [-0.2, 0) is 16.6 Å². The summed E-state index contributed by atoms with van der Waals surface area (Å²) in [6, 6.07) is 11.8. The first-order valence-electron chi connectivity index (χ1n) is 10.0. The zero-order valence-electron chi connectivity index (χ0n) is 17.3. The highest BCUT2D eigenvalue weighted by Crippen LogP contribution is 2.26. The maximum atomic E-state index is 13.1. The molecule has 2 aromatic rings. The minimum Gasteiger partial charge on any atom is -0.497 e. The molecule has 30 heavy (non-hydrogen) atoms. The normalized spacial score (nSPS) is 15.4. The molecule has 8 heteroatoms. The zero-order chi connectivity index (χ0) is 21.7. The van der Waals surface area contributed by atoms with Gasteiger partial charge >= 0.3 is 0 Å². The fourth-order valence-corrected chi connectivity index (χ4v) is 5.28. The van der Waals surface area contributed by atoms with Gasteiger partial charge < -0.3 is 9.64 Å². The standard InChI is InChI=1S/C22H27ClN2O4S/c1-24(16-17-7-9-18(29-2)10-8-17)22(26)20-15-19(11-12-21(20)23)30(27,28)25-13-5-3-4-6-14-25/h7-12,15H,3-6,13-14,16H2,1-2H3. The number of carbonyl (C=O) groups excluding carboxylic acids is 1. The molecule has 0 N–H and O–H groups in total. The molecule has 0 unspecified atom stereocenters. The molecule has 162 valence electrons. The third-order valence-electron chi connectivity index (χ3n) is 5.30. The second kappa shape index (κ2) is 9.81. The minimum atomic E-state index is -3.66. The summed E-state index contributed by atoms with van der Waals surface area (Å²) in [6.07, 6.45) is 3.77. The maximum Gasteiger partial charge on any atom is 0.255 e. The molecule has 1 amide bonds. The molecule has 2 aromatic carbocycles. The van der Waals surface area contributed by atoms with E-state index < -0.39 is 10.0 Å². The first kappa shape index (κ1) is 22.6. The van der Waals surface area contributed by atoms with Gasteiger partial charge in [-0.25, -0.2) is 8.42 Å². The number of halogens is 1. The minimum absolute atomic E-state index is 0.106. The molecule has 0 aliphatic carbocycles. The van der Waals surface area contributed by atoms with E-state index in [0.717, 1.165) is 37.0 Å². The van der Waals surface area contributed by atoms with Crippen LogP contribution in [0.1, 0.15) is 41.6 Å². The van der Waals surface area contributed by atoms with Gasteiger partial charge in [0.1, 0.15) is 5.75 Å². The van der Waals surface area contributed by atoms with Crippen LogP contribution in [0.5, 0.6) is 5.75 Å². The van der Waals surface area contributed by atoms with Crippen molar-refractivity contribution in [2.24, 2.45) is 0 Å². The van der Waals surface area contributed by atoms with Gasteiger partial charge in [0.2, 0.25) is 10.0 Å². The van der Waals surface area contributed by atoms with Crippen molar-refractivity contribution in [3.63, 3.8) is 0 Å². The summed E-state index contributed by atoms with van der Waals surface area (Å²) in [5.74, 6) is 0.408. The Morgan fingerprint density at radius 2 is 1.70 bits per heavy atom. The van der Waals surface area contributed by atoms with E-state index in [1.807, 2.05) is 24.3 Å². The molecule has 1 aliphatic rings. The predicted molar refractivity (Wildman–Crippen MR) is 117 cm³/mol. The molecule has 3 rings (SSSR count). The van der Waals surface area contributed by atoms with Crippen LogP contribution in [-0.4, -0.2) is 50.8 Å². The number of amides is 1. The van der Waals surface area contributed by atoms with Crippen molar-refractivity contribution in [3.05, 3.63) is 58.6 Å². The number of ether oxygens (including phenoxy) is 1. The molecule has 0 radical (unpaired) electrons. The Morgan fingerprint density at radius 3 is 2.30 bits per heavy atom. The lowest BCUT2D eigenvalue weighted by Crippen LogP contribution is -2.32. The summed E-state index contributed by atoms with van der Waals surface area (Å²) in [5, 5.41) is 0.233. The van der Waals surface area contributed by atoms with Gasteiger partial charge in [-0.1, -0.05) is 36.6 Å². The first-order valence-corrected chi connectivity index (χ1v) is 11.8. The molecule has 1 aliphatic heterocycles. The number of nitrogens with zero attached hydrogens (tertiary/aromatic N) is 2. The van der Waals surface area contributed by atoms with Crippen LogP contribution in [0.2, 0.25) is 5.02 Å².